The van der Waals surface area contributed by atoms with Gasteiger partial charge >= 0.3 is 6.18 Å². The number of anilines is 1. The van der Waals surface area contributed by atoms with Gasteiger partial charge in [-0.05, 0) is 61.9 Å². The number of benzene rings is 2. The van der Waals surface area contributed by atoms with Crippen LogP contribution in [0.1, 0.15) is 46.7 Å². The highest BCUT2D eigenvalue weighted by atomic mass is 19.4. The van der Waals surface area contributed by atoms with Crippen LogP contribution in [0.4, 0.5) is 18.9 Å². The lowest BCUT2D eigenvalue weighted by Gasteiger charge is -2.23. The molecule has 2 aromatic carbocycles. The Balaban J connectivity index is 1.72. The number of nitriles is 1. The van der Waals surface area contributed by atoms with Crippen LogP contribution in [0.5, 0.6) is 0 Å². The number of nitrogens with zero attached hydrogens (tertiary/aromatic N) is 3. The second kappa shape index (κ2) is 8.87. The van der Waals surface area contributed by atoms with Crippen molar-refractivity contribution in [3.8, 4) is 11.8 Å². The van der Waals surface area contributed by atoms with E-state index >= 15 is 0 Å². The van der Waals surface area contributed by atoms with Crippen molar-refractivity contribution in [1.29, 1.82) is 5.26 Å². The SMILES string of the molecule is Cc1cc(C(=O)/C(C#N)=C/C=C2/N(C)c3ccccc3C2(C)C)c(C)n1-c1cccc(C(F)(F)F)c1. The van der Waals surface area contributed by atoms with E-state index in [4.69, 9.17) is 0 Å². The fraction of sp³-hybridized carbons (Fsp3) is 0.241. The lowest BCUT2D eigenvalue weighted by molar-refractivity contribution is -0.137. The second-order valence-corrected chi connectivity index (χ2v) is 9.44. The average molecular weight is 490 g/mol. The summed E-state index contributed by atoms with van der Waals surface area (Å²) in [7, 11) is 1.95. The molecular formula is C29H26F3N3O. The number of likely N-dealkylation sites (N-methyl/N-ethyl adjacent to an activating group) is 1. The molecule has 0 spiro atoms. The molecule has 3 aromatic rings. The molecule has 4 rings (SSSR count). The lowest BCUT2D eigenvalue weighted by atomic mass is 9.83. The molecule has 1 aliphatic heterocycles. The first-order valence-electron chi connectivity index (χ1n) is 11.4. The van der Waals surface area contributed by atoms with Gasteiger partial charge in [0.25, 0.3) is 0 Å². The van der Waals surface area contributed by atoms with Gasteiger partial charge in [-0.25, -0.2) is 0 Å². The largest absolute Gasteiger partial charge is 0.416 e. The Bertz CT molecular complexity index is 1470. The van der Waals surface area contributed by atoms with Crippen LogP contribution >= 0.6 is 0 Å². The second-order valence-electron chi connectivity index (χ2n) is 9.44. The number of hydrogen-bond donors (Lipinski definition) is 0. The number of fused-ring (bicyclic) bond motifs is 1. The van der Waals surface area contributed by atoms with E-state index < -0.39 is 17.5 Å². The molecule has 0 atom stereocenters. The van der Waals surface area contributed by atoms with Crippen LogP contribution in [0.25, 0.3) is 5.69 Å². The van der Waals surface area contributed by atoms with Crippen LogP contribution in [-0.2, 0) is 11.6 Å². The molecule has 7 heteroatoms. The lowest BCUT2D eigenvalue weighted by Crippen LogP contribution is -2.22. The van der Waals surface area contributed by atoms with Crippen molar-refractivity contribution in [2.75, 3.05) is 11.9 Å². The third-order valence-electron chi connectivity index (χ3n) is 6.82. The van der Waals surface area contributed by atoms with E-state index in [-0.39, 0.29) is 16.6 Å². The Hall–Kier alpha value is -4.05. The van der Waals surface area contributed by atoms with Crippen LogP contribution in [0.3, 0.4) is 0 Å². The highest BCUT2D eigenvalue weighted by Gasteiger charge is 2.38. The number of rotatable bonds is 4. The van der Waals surface area contributed by atoms with Gasteiger partial charge in [0.15, 0.2) is 0 Å². The number of aryl methyl sites for hydroxylation is 1. The van der Waals surface area contributed by atoms with Gasteiger partial charge in [0.1, 0.15) is 11.6 Å². The molecule has 36 heavy (non-hydrogen) atoms. The van der Waals surface area contributed by atoms with Crippen molar-refractivity contribution in [2.24, 2.45) is 0 Å². The Morgan fingerprint density at radius 1 is 1.06 bits per heavy atom. The number of ketones is 1. The summed E-state index contributed by atoms with van der Waals surface area (Å²) in [5, 5.41) is 9.80. The number of para-hydroxylation sites is 1. The van der Waals surface area contributed by atoms with Gasteiger partial charge in [0.05, 0.1) is 5.56 Å². The number of carbonyl (C=O) groups excluding carboxylic acids is 1. The van der Waals surface area contributed by atoms with E-state index in [2.05, 4.69) is 19.9 Å². The minimum absolute atomic E-state index is 0.0491. The third kappa shape index (κ3) is 4.13. The number of carbonyl (C=O) groups is 1. The molecule has 1 aliphatic rings. The summed E-state index contributed by atoms with van der Waals surface area (Å²) in [5.74, 6) is -0.475. The summed E-state index contributed by atoms with van der Waals surface area (Å²) in [4.78, 5) is 15.4. The summed E-state index contributed by atoms with van der Waals surface area (Å²) >= 11 is 0. The standard InChI is InChI=1S/C29H26F3N3O/c1-18-15-23(19(2)35(18)22-10-8-9-21(16-22)29(30,31)32)27(36)20(17-33)13-14-26-28(3,4)24-11-6-7-12-25(24)34(26)5/h6-16H,1-5H3/b20-13+,26-14+. The molecule has 1 aromatic heterocycles. The maximum absolute atomic E-state index is 13.4. The number of halogens is 3. The molecule has 0 fully saturated rings. The summed E-state index contributed by atoms with van der Waals surface area (Å²) < 4.78 is 41.3. The van der Waals surface area contributed by atoms with Gasteiger partial charge in [-0.2, -0.15) is 18.4 Å². The number of alkyl halides is 3. The molecule has 184 valence electrons. The van der Waals surface area contributed by atoms with Crippen molar-refractivity contribution in [2.45, 2.75) is 39.3 Å². The molecule has 0 amide bonds. The van der Waals surface area contributed by atoms with Gasteiger partial charge in [0.2, 0.25) is 5.78 Å². The Morgan fingerprint density at radius 2 is 1.75 bits per heavy atom. The smallest absolute Gasteiger partial charge is 0.347 e. The van der Waals surface area contributed by atoms with Crippen molar-refractivity contribution >= 4 is 11.5 Å². The Labute approximate surface area is 208 Å². The molecule has 0 saturated carbocycles. The van der Waals surface area contributed by atoms with Crippen LogP contribution < -0.4 is 4.90 Å². The van der Waals surface area contributed by atoms with E-state index in [1.54, 1.807) is 36.6 Å². The quantitative estimate of drug-likeness (QED) is 0.224. The van der Waals surface area contributed by atoms with Crippen molar-refractivity contribution in [1.82, 2.24) is 4.57 Å². The zero-order chi connectivity index (χ0) is 26.4. The minimum atomic E-state index is -4.48. The van der Waals surface area contributed by atoms with Gasteiger partial charge in [-0.3, -0.25) is 4.79 Å². The van der Waals surface area contributed by atoms with E-state index in [1.165, 1.54) is 12.1 Å². The summed E-state index contributed by atoms with van der Waals surface area (Å²) in [6.07, 6.45) is -1.16. The van der Waals surface area contributed by atoms with E-state index in [1.807, 2.05) is 36.2 Å². The van der Waals surface area contributed by atoms with Gasteiger partial charge in [-0.15, -0.1) is 0 Å². The van der Waals surface area contributed by atoms with Crippen LogP contribution in [0.15, 0.2) is 78.0 Å². The molecule has 0 unspecified atom stereocenters. The molecule has 0 N–H and O–H groups in total. The van der Waals surface area contributed by atoms with E-state index in [9.17, 15) is 23.2 Å². The highest BCUT2D eigenvalue weighted by molar-refractivity contribution is 6.12. The summed E-state index contributed by atoms with van der Waals surface area (Å²) in [6.45, 7) is 7.56. The van der Waals surface area contributed by atoms with E-state index in [0.29, 0.717) is 17.1 Å². The molecule has 0 radical (unpaired) electrons. The molecular weight excluding hydrogens is 463 g/mol. The molecule has 0 bridgehead atoms. The minimum Gasteiger partial charge on any atom is -0.347 e. The predicted molar refractivity (Wildman–Crippen MR) is 134 cm³/mol. The Kier molecular flexibility index (Phi) is 6.17. The van der Waals surface area contributed by atoms with Crippen molar-refractivity contribution < 1.29 is 18.0 Å². The maximum Gasteiger partial charge on any atom is 0.416 e. The third-order valence-corrected chi connectivity index (χ3v) is 6.82. The summed E-state index contributed by atoms with van der Waals surface area (Å²) in [6, 6.07) is 16.6. The monoisotopic (exact) mass is 489 g/mol. The van der Waals surface area contributed by atoms with Crippen LogP contribution in [-0.4, -0.2) is 17.4 Å². The normalized spacial score (nSPS) is 16.2. The molecule has 0 saturated heterocycles. The van der Waals surface area contributed by atoms with E-state index in [0.717, 1.165) is 29.1 Å². The topological polar surface area (TPSA) is 49.0 Å². The summed E-state index contributed by atoms with van der Waals surface area (Å²) in [5.41, 5.74) is 3.67. The van der Waals surface area contributed by atoms with Gasteiger partial charge in [0, 0.05) is 46.5 Å². The van der Waals surface area contributed by atoms with Crippen molar-refractivity contribution in [3.05, 3.63) is 106 Å². The molecule has 2 heterocycles. The fourth-order valence-electron chi connectivity index (χ4n) is 4.98. The van der Waals surface area contributed by atoms with Gasteiger partial charge in [-0.1, -0.05) is 38.1 Å². The predicted octanol–water partition coefficient (Wildman–Crippen LogP) is 7.06. The van der Waals surface area contributed by atoms with Crippen molar-refractivity contribution in [3.63, 3.8) is 0 Å². The van der Waals surface area contributed by atoms with Crippen LogP contribution in [0, 0.1) is 25.2 Å². The average Bonchev–Trinajstić information content (AvgIpc) is 3.23. The fourth-order valence-corrected chi connectivity index (χ4v) is 4.98. The number of allylic oxidation sites excluding steroid dienone is 4. The molecule has 4 nitrogen and oxygen atoms in total. The molecule has 0 aliphatic carbocycles. The van der Waals surface area contributed by atoms with Gasteiger partial charge < -0.3 is 9.47 Å². The van der Waals surface area contributed by atoms with Crippen LogP contribution in [0.2, 0.25) is 0 Å². The first-order valence-corrected chi connectivity index (χ1v) is 11.4. The number of hydrogen-bond acceptors (Lipinski definition) is 3. The Morgan fingerprint density at radius 3 is 2.39 bits per heavy atom. The number of Topliss-reactive ketones (excluding diaryl/α,β-unsaturated/α-hetero) is 1. The zero-order valence-corrected chi connectivity index (χ0v) is 20.7. The number of aromatic nitrogens is 1. The highest BCUT2D eigenvalue weighted by Crippen LogP contribution is 2.46. The maximum atomic E-state index is 13.4. The first-order chi connectivity index (χ1) is 16.9. The first kappa shape index (κ1) is 25.1. The zero-order valence-electron chi connectivity index (χ0n) is 20.7.